The van der Waals surface area contributed by atoms with Crippen molar-refractivity contribution in [1.29, 1.82) is 0 Å². The first-order chi connectivity index (χ1) is 16.2. The fourth-order valence-electron chi connectivity index (χ4n) is 4.84. The van der Waals surface area contributed by atoms with E-state index in [2.05, 4.69) is 32.7 Å². The smallest absolute Gasteiger partial charge is 0.270 e. The lowest BCUT2D eigenvalue weighted by Crippen LogP contribution is -2.49. The van der Waals surface area contributed by atoms with Gasteiger partial charge < -0.3 is 10.6 Å². The standard InChI is InChI=1S/C25H33N7O2/c1-15-6-8-18(9-7-15)23(29-24(33)20-12-13-27-32(20)5)25(34)28-21-11-10-19(14-26-21)22-16(2)30-31(4)17(22)3/h10-15,18,23H,6-9H2,1-5H3,(H,29,33)(H,26,28,34)/t15?,18?,23-/m0/s1. The van der Waals surface area contributed by atoms with Gasteiger partial charge in [-0.15, -0.1) is 0 Å². The summed E-state index contributed by atoms with van der Waals surface area (Å²) in [7, 11) is 3.63. The second kappa shape index (κ2) is 9.79. The number of carbonyl (C=O) groups is 2. The van der Waals surface area contributed by atoms with Crippen LogP contribution in [0.4, 0.5) is 5.82 Å². The third kappa shape index (κ3) is 4.88. The molecule has 1 aliphatic rings. The molecule has 0 saturated heterocycles. The highest BCUT2D eigenvalue weighted by molar-refractivity contribution is 6.00. The Morgan fingerprint density at radius 1 is 1.06 bits per heavy atom. The number of nitrogens with zero attached hydrogens (tertiary/aromatic N) is 5. The van der Waals surface area contributed by atoms with Crippen LogP contribution in [-0.2, 0) is 18.9 Å². The number of amides is 2. The van der Waals surface area contributed by atoms with Crippen molar-refractivity contribution in [2.24, 2.45) is 25.9 Å². The molecule has 0 unspecified atom stereocenters. The Balaban J connectivity index is 1.51. The molecule has 0 aliphatic heterocycles. The fraction of sp³-hybridized carbons (Fsp3) is 0.480. The zero-order chi connectivity index (χ0) is 24.4. The van der Waals surface area contributed by atoms with Crippen LogP contribution in [0.5, 0.6) is 0 Å². The lowest BCUT2D eigenvalue weighted by molar-refractivity contribution is -0.119. The molecule has 180 valence electrons. The molecule has 9 heteroatoms. The van der Waals surface area contributed by atoms with E-state index in [-0.39, 0.29) is 17.7 Å². The van der Waals surface area contributed by atoms with Crippen LogP contribution in [0.3, 0.4) is 0 Å². The third-order valence-electron chi connectivity index (χ3n) is 6.97. The second-order valence-corrected chi connectivity index (χ2v) is 9.40. The van der Waals surface area contributed by atoms with Crippen molar-refractivity contribution >= 4 is 17.6 Å². The van der Waals surface area contributed by atoms with Gasteiger partial charge in [-0.1, -0.05) is 19.8 Å². The Morgan fingerprint density at radius 3 is 2.35 bits per heavy atom. The quantitative estimate of drug-likeness (QED) is 0.583. The molecule has 3 heterocycles. The van der Waals surface area contributed by atoms with Crippen molar-refractivity contribution in [2.75, 3.05) is 5.32 Å². The minimum Gasteiger partial charge on any atom is -0.339 e. The summed E-state index contributed by atoms with van der Waals surface area (Å²) in [5.41, 5.74) is 4.41. The molecule has 3 aromatic heterocycles. The van der Waals surface area contributed by atoms with Crippen LogP contribution >= 0.6 is 0 Å². The van der Waals surface area contributed by atoms with Gasteiger partial charge in [0.2, 0.25) is 5.91 Å². The van der Waals surface area contributed by atoms with Gasteiger partial charge in [0.1, 0.15) is 17.6 Å². The predicted octanol–water partition coefficient (Wildman–Crippen LogP) is 3.40. The summed E-state index contributed by atoms with van der Waals surface area (Å²) in [6, 6.07) is 4.74. The normalized spacial score (nSPS) is 19.0. The molecule has 1 fully saturated rings. The number of anilines is 1. The van der Waals surface area contributed by atoms with Gasteiger partial charge in [0, 0.05) is 43.3 Å². The van der Waals surface area contributed by atoms with Gasteiger partial charge in [-0.05, 0) is 56.7 Å². The van der Waals surface area contributed by atoms with E-state index in [4.69, 9.17) is 0 Å². The molecule has 2 N–H and O–H groups in total. The van der Waals surface area contributed by atoms with Crippen LogP contribution in [0, 0.1) is 25.7 Å². The van der Waals surface area contributed by atoms with Crippen LogP contribution in [-0.4, -0.2) is 42.4 Å². The van der Waals surface area contributed by atoms with Crippen LogP contribution in [0.25, 0.3) is 11.1 Å². The Kier molecular flexibility index (Phi) is 6.81. The van der Waals surface area contributed by atoms with E-state index >= 15 is 0 Å². The molecule has 0 spiro atoms. The van der Waals surface area contributed by atoms with Gasteiger partial charge >= 0.3 is 0 Å². The van der Waals surface area contributed by atoms with Crippen LogP contribution in [0.2, 0.25) is 0 Å². The van der Waals surface area contributed by atoms with Gasteiger partial charge in [0.25, 0.3) is 5.91 Å². The number of pyridine rings is 1. The van der Waals surface area contributed by atoms with Gasteiger partial charge in [-0.25, -0.2) is 4.98 Å². The summed E-state index contributed by atoms with van der Waals surface area (Å²) in [6.45, 7) is 6.22. The number of hydrogen-bond donors (Lipinski definition) is 2. The van der Waals surface area contributed by atoms with Crippen LogP contribution in [0.1, 0.15) is 54.5 Å². The zero-order valence-corrected chi connectivity index (χ0v) is 20.5. The summed E-state index contributed by atoms with van der Waals surface area (Å²) in [4.78, 5) is 30.7. The van der Waals surface area contributed by atoms with E-state index < -0.39 is 6.04 Å². The van der Waals surface area contributed by atoms with Gasteiger partial charge in [-0.3, -0.25) is 19.0 Å². The Hall–Kier alpha value is -3.49. The van der Waals surface area contributed by atoms with Gasteiger partial charge in [0.05, 0.1) is 5.69 Å². The number of aromatic nitrogens is 5. The molecule has 0 radical (unpaired) electrons. The van der Waals surface area contributed by atoms with E-state index in [0.29, 0.717) is 17.4 Å². The van der Waals surface area contributed by atoms with Gasteiger partial charge in [-0.2, -0.15) is 10.2 Å². The molecule has 1 atom stereocenters. The van der Waals surface area contributed by atoms with Gasteiger partial charge in [0.15, 0.2) is 0 Å². The first-order valence-electron chi connectivity index (χ1n) is 11.8. The molecule has 4 rings (SSSR count). The van der Waals surface area contributed by atoms with Crippen molar-refractivity contribution in [3.63, 3.8) is 0 Å². The molecule has 3 aromatic rings. The maximum atomic E-state index is 13.3. The maximum Gasteiger partial charge on any atom is 0.270 e. The Morgan fingerprint density at radius 2 is 1.79 bits per heavy atom. The maximum absolute atomic E-state index is 13.3. The second-order valence-electron chi connectivity index (χ2n) is 9.40. The molecule has 34 heavy (non-hydrogen) atoms. The average molecular weight is 464 g/mol. The summed E-state index contributed by atoms with van der Waals surface area (Å²) in [5, 5.41) is 14.4. The van der Waals surface area contributed by atoms with E-state index in [1.165, 1.54) is 4.68 Å². The fourth-order valence-corrected chi connectivity index (χ4v) is 4.84. The minimum atomic E-state index is -0.640. The molecule has 0 aromatic carbocycles. The zero-order valence-electron chi connectivity index (χ0n) is 20.5. The van der Waals surface area contributed by atoms with E-state index in [1.54, 1.807) is 31.6 Å². The minimum absolute atomic E-state index is 0.0772. The monoisotopic (exact) mass is 463 g/mol. The Bertz CT molecular complexity index is 1170. The molecular weight excluding hydrogens is 430 g/mol. The summed E-state index contributed by atoms with van der Waals surface area (Å²) in [6.07, 6.45) is 7.22. The first kappa shape index (κ1) is 23.7. The Labute approximate surface area is 200 Å². The highest BCUT2D eigenvalue weighted by Crippen LogP contribution is 2.31. The summed E-state index contributed by atoms with van der Waals surface area (Å²) in [5.74, 6) is 0.625. The van der Waals surface area contributed by atoms with Crippen molar-refractivity contribution in [3.05, 3.63) is 47.7 Å². The van der Waals surface area contributed by atoms with Crippen LogP contribution < -0.4 is 10.6 Å². The molecule has 1 aliphatic carbocycles. The number of rotatable bonds is 6. The van der Waals surface area contributed by atoms with E-state index in [0.717, 1.165) is 48.2 Å². The number of aryl methyl sites for hydroxylation is 3. The lowest BCUT2D eigenvalue weighted by atomic mass is 9.79. The lowest BCUT2D eigenvalue weighted by Gasteiger charge is -2.32. The van der Waals surface area contributed by atoms with Crippen LogP contribution in [0.15, 0.2) is 30.6 Å². The predicted molar refractivity (Wildman–Crippen MR) is 130 cm³/mol. The SMILES string of the molecule is Cc1nn(C)c(C)c1-c1ccc(NC(=O)[C@@H](NC(=O)c2ccnn2C)C2CCC(C)CC2)nc1. The molecular formula is C25H33N7O2. The average Bonchev–Trinajstić information content (AvgIpc) is 3.35. The first-order valence-corrected chi connectivity index (χ1v) is 11.8. The molecule has 1 saturated carbocycles. The third-order valence-corrected chi connectivity index (χ3v) is 6.97. The van der Waals surface area contributed by atoms with Crippen molar-refractivity contribution in [2.45, 2.75) is 52.5 Å². The van der Waals surface area contributed by atoms with E-state index in [1.807, 2.05) is 31.6 Å². The molecule has 2 amide bonds. The van der Waals surface area contributed by atoms with Crippen molar-refractivity contribution in [1.82, 2.24) is 29.9 Å². The topological polar surface area (TPSA) is 107 Å². The number of nitrogens with one attached hydrogen (secondary N) is 2. The summed E-state index contributed by atoms with van der Waals surface area (Å²) < 4.78 is 3.36. The summed E-state index contributed by atoms with van der Waals surface area (Å²) >= 11 is 0. The largest absolute Gasteiger partial charge is 0.339 e. The van der Waals surface area contributed by atoms with E-state index in [9.17, 15) is 9.59 Å². The number of carbonyl (C=O) groups excluding carboxylic acids is 2. The highest BCUT2D eigenvalue weighted by atomic mass is 16.2. The molecule has 0 bridgehead atoms. The highest BCUT2D eigenvalue weighted by Gasteiger charge is 2.33. The van der Waals surface area contributed by atoms with Crippen molar-refractivity contribution in [3.8, 4) is 11.1 Å². The molecule has 9 nitrogen and oxygen atoms in total. The van der Waals surface area contributed by atoms with Crippen molar-refractivity contribution < 1.29 is 9.59 Å². The number of hydrogen-bond acceptors (Lipinski definition) is 5.